The maximum atomic E-state index is 10.9. The molecule has 0 radical (unpaired) electrons. The van der Waals surface area contributed by atoms with Crippen LogP contribution >= 0.6 is 0 Å². The molecule has 1 N–H and O–H groups in total. The van der Waals surface area contributed by atoms with Gasteiger partial charge in [0, 0.05) is 6.42 Å². The van der Waals surface area contributed by atoms with Crippen LogP contribution in [0.1, 0.15) is 30.9 Å². The van der Waals surface area contributed by atoms with E-state index in [1.165, 1.54) is 0 Å². The van der Waals surface area contributed by atoms with Crippen molar-refractivity contribution in [3.8, 4) is 0 Å². The van der Waals surface area contributed by atoms with Crippen molar-refractivity contribution in [2.45, 2.75) is 31.8 Å². The molecule has 1 aromatic carbocycles. The van der Waals surface area contributed by atoms with Gasteiger partial charge in [0.15, 0.2) is 0 Å². The third-order valence-electron chi connectivity index (χ3n) is 2.67. The number of aliphatic hydroxyl groups is 1. The molecule has 1 fully saturated rings. The molecule has 0 unspecified atom stereocenters. The van der Waals surface area contributed by atoms with Crippen LogP contribution in [0.3, 0.4) is 0 Å². The van der Waals surface area contributed by atoms with Gasteiger partial charge in [-0.2, -0.15) is 0 Å². The standard InChI is InChI=1S/C12H14O2/c1-9(13)8-10-2-4-11(5-3-10)12(14)6-7-12/h2-5,14H,6-8H2,1H3. The van der Waals surface area contributed by atoms with Crippen LogP contribution in [0.5, 0.6) is 0 Å². The molecule has 1 saturated carbocycles. The fourth-order valence-electron chi connectivity index (χ4n) is 1.63. The lowest BCUT2D eigenvalue weighted by molar-refractivity contribution is -0.116. The summed E-state index contributed by atoms with van der Waals surface area (Å²) in [6.45, 7) is 1.59. The van der Waals surface area contributed by atoms with E-state index < -0.39 is 5.60 Å². The summed E-state index contributed by atoms with van der Waals surface area (Å²) in [4.78, 5) is 10.9. The van der Waals surface area contributed by atoms with Gasteiger partial charge in [-0.25, -0.2) is 0 Å². The Morgan fingerprint density at radius 3 is 2.36 bits per heavy atom. The third kappa shape index (κ3) is 1.85. The van der Waals surface area contributed by atoms with Crippen LogP contribution in [0.4, 0.5) is 0 Å². The Morgan fingerprint density at radius 1 is 1.36 bits per heavy atom. The zero-order chi connectivity index (χ0) is 10.2. The Labute approximate surface area is 83.6 Å². The van der Waals surface area contributed by atoms with Gasteiger partial charge in [-0.05, 0) is 30.9 Å². The molecule has 74 valence electrons. The number of hydrogen-bond donors (Lipinski definition) is 1. The molecule has 14 heavy (non-hydrogen) atoms. The molecule has 0 amide bonds. The molecule has 1 aliphatic carbocycles. The summed E-state index contributed by atoms with van der Waals surface area (Å²) in [5.74, 6) is 0.169. The van der Waals surface area contributed by atoms with Gasteiger partial charge < -0.3 is 5.11 Å². The first-order chi connectivity index (χ1) is 6.60. The predicted octanol–water partition coefficient (Wildman–Crippen LogP) is 1.80. The van der Waals surface area contributed by atoms with Crippen LogP contribution in [0.2, 0.25) is 0 Å². The largest absolute Gasteiger partial charge is 0.385 e. The highest BCUT2D eigenvalue weighted by atomic mass is 16.3. The summed E-state index contributed by atoms with van der Waals surface area (Å²) in [6.07, 6.45) is 2.21. The zero-order valence-corrected chi connectivity index (χ0v) is 8.29. The van der Waals surface area contributed by atoms with Gasteiger partial charge in [0.1, 0.15) is 5.78 Å². The number of benzene rings is 1. The fourth-order valence-corrected chi connectivity index (χ4v) is 1.63. The first-order valence-electron chi connectivity index (χ1n) is 4.91. The van der Waals surface area contributed by atoms with E-state index in [-0.39, 0.29) is 5.78 Å². The lowest BCUT2D eigenvalue weighted by Crippen LogP contribution is -2.04. The SMILES string of the molecule is CC(=O)Cc1ccc(C2(O)CC2)cc1. The molecule has 1 aromatic rings. The number of hydrogen-bond acceptors (Lipinski definition) is 2. The summed E-state index contributed by atoms with van der Waals surface area (Å²) in [6, 6.07) is 7.69. The Hall–Kier alpha value is -1.15. The number of carbonyl (C=O) groups excluding carboxylic acids is 1. The highest BCUT2D eigenvalue weighted by molar-refractivity contribution is 5.78. The van der Waals surface area contributed by atoms with E-state index in [1.807, 2.05) is 24.3 Å². The Balaban J connectivity index is 2.14. The summed E-state index contributed by atoms with van der Waals surface area (Å²) in [7, 11) is 0. The molecule has 0 spiro atoms. The minimum atomic E-state index is -0.561. The summed E-state index contributed by atoms with van der Waals surface area (Å²) < 4.78 is 0. The first-order valence-corrected chi connectivity index (χ1v) is 4.91. The maximum absolute atomic E-state index is 10.9. The monoisotopic (exact) mass is 190 g/mol. The van der Waals surface area contributed by atoms with Crippen molar-refractivity contribution < 1.29 is 9.90 Å². The van der Waals surface area contributed by atoms with Crippen molar-refractivity contribution in [2.24, 2.45) is 0 Å². The van der Waals surface area contributed by atoms with Crippen LogP contribution in [0.15, 0.2) is 24.3 Å². The summed E-state index contributed by atoms with van der Waals surface area (Å²) in [5, 5.41) is 9.81. The number of ketones is 1. The first kappa shape index (κ1) is 9.41. The molecular weight excluding hydrogens is 176 g/mol. The van der Waals surface area contributed by atoms with Crippen molar-refractivity contribution in [1.82, 2.24) is 0 Å². The molecule has 0 aliphatic heterocycles. The Bertz CT molecular complexity index is 347. The normalized spacial score (nSPS) is 17.9. The van der Waals surface area contributed by atoms with Crippen molar-refractivity contribution in [2.75, 3.05) is 0 Å². The molecule has 0 heterocycles. The second-order valence-electron chi connectivity index (χ2n) is 4.11. The van der Waals surface area contributed by atoms with Crippen LogP contribution in [-0.4, -0.2) is 10.9 Å². The van der Waals surface area contributed by atoms with E-state index in [0.717, 1.165) is 24.0 Å². The molecule has 0 aromatic heterocycles. The van der Waals surface area contributed by atoms with E-state index in [0.29, 0.717) is 6.42 Å². The molecule has 0 bridgehead atoms. The number of carbonyl (C=O) groups is 1. The minimum Gasteiger partial charge on any atom is -0.385 e. The quantitative estimate of drug-likeness (QED) is 0.789. The molecule has 0 saturated heterocycles. The van der Waals surface area contributed by atoms with E-state index in [4.69, 9.17) is 0 Å². The van der Waals surface area contributed by atoms with Crippen molar-refractivity contribution in [1.29, 1.82) is 0 Å². The number of rotatable bonds is 3. The Kier molecular flexibility index (Phi) is 2.16. The highest BCUT2D eigenvalue weighted by Crippen LogP contribution is 2.45. The third-order valence-corrected chi connectivity index (χ3v) is 2.67. The van der Waals surface area contributed by atoms with Crippen molar-refractivity contribution in [3.63, 3.8) is 0 Å². The lowest BCUT2D eigenvalue weighted by atomic mass is 10.0. The van der Waals surface area contributed by atoms with Crippen LogP contribution < -0.4 is 0 Å². The number of Topliss-reactive ketones (excluding diaryl/α,β-unsaturated/α-hetero) is 1. The minimum absolute atomic E-state index is 0.169. The lowest BCUT2D eigenvalue weighted by Gasteiger charge is -2.08. The van der Waals surface area contributed by atoms with Crippen LogP contribution in [0, 0.1) is 0 Å². The van der Waals surface area contributed by atoms with Gasteiger partial charge in [0.25, 0.3) is 0 Å². The molecule has 1 aliphatic rings. The van der Waals surface area contributed by atoms with Gasteiger partial charge in [0.05, 0.1) is 5.60 Å². The molecule has 2 heteroatoms. The van der Waals surface area contributed by atoms with E-state index in [1.54, 1.807) is 6.92 Å². The fraction of sp³-hybridized carbons (Fsp3) is 0.417. The van der Waals surface area contributed by atoms with E-state index in [2.05, 4.69) is 0 Å². The molecule has 0 atom stereocenters. The average molecular weight is 190 g/mol. The van der Waals surface area contributed by atoms with Gasteiger partial charge >= 0.3 is 0 Å². The van der Waals surface area contributed by atoms with Gasteiger partial charge in [-0.1, -0.05) is 24.3 Å². The zero-order valence-electron chi connectivity index (χ0n) is 8.29. The maximum Gasteiger partial charge on any atom is 0.134 e. The topological polar surface area (TPSA) is 37.3 Å². The highest BCUT2D eigenvalue weighted by Gasteiger charge is 2.41. The van der Waals surface area contributed by atoms with Crippen molar-refractivity contribution in [3.05, 3.63) is 35.4 Å². The van der Waals surface area contributed by atoms with E-state index in [9.17, 15) is 9.90 Å². The second-order valence-corrected chi connectivity index (χ2v) is 4.11. The van der Waals surface area contributed by atoms with Crippen LogP contribution in [-0.2, 0) is 16.8 Å². The average Bonchev–Trinajstić information content (AvgIpc) is 2.85. The molecule has 2 nitrogen and oxygen atoms in total. The second kappa shape index (κ2) is 3.21. The smallest absolute Gasteiger partial charge is 0.134 e. The van der Waals surface area contributed by atoms with Gasteiger partial charge in [-0.15, -0.1) is 0 Å². The van der Waals surface area contributed by atoms with E-state index >= 15 is 0 Å². The Morgan fingerprint density at radius 2 is 1.93 bits per heavy atom. The van der Waals surface area contributed by atoms with Crippen molar-refractivity contribution >= 4 is 5.78 Å². The summed E-state index contributed by atoms with van der Waals surface area (Å²) >= 11 is 0. The van der Waals surface area contributed by atoms with Crippen LogP contribution in [0.25, 0.3) is 0 Å². The molecular formula is C12H14O2. The molecule has 2 rings (SSSR count). The van der Waals surface area contributed by atoms with Gasteiger partial charge in [-0.3, -0.25) is 4.79 Å². The van der Waals surface area contributed by atoms with Gasteiger partial charge in [0.2, 0.25) is 0 Å². The summed E-state index contributed by atoms with van der Waals surface area (Å²) in [5.41, 5.74) is 1.43. The predicted molar refractivity (Wildman–Crippen MR) is 54.0 cm³/mol.